The van der Waals surface area contributed by atoms with Gasteiger partial charge in [0.25, 0.3) is 0 Å². The molecule has 2 nitrogen and oxygen atoms in total. The summed E-state index contributed by atoms with van der Waals surface area (Å²) in [5.74, 6) is 0. The monoisotopic (exact) mass is 384 g/mol. The van der Waals surface area contributed by atoms with Gasteiger partial charge < -0.3 is 5.32 Å². The third kappa shape index (κ3) is 6.10. The minimum Gasteiger partial charge on any atom is -0.314 e. The van der Waals surface area contributed by atoms with Gasteiger partial charge in [-0.2, -0.15) is 13.2 Å². The van der Waals surface area contributed by atoms with Crippen LogP contribution in [-0.4, -0.2) is 31.1 Å². The average molecular weight is 385 g/mol. The first-order valence-corrected chi connectivity index (χ1v) is 8.62. The fraction of sp³-hybridized carbons (Fsp3) is 0.647. The highest BCUT2D eigenvalue weighted by atomic mass is 35.5. The molecule has 7 heteroatoms. The fourth-order valence-corrected chi connectivity index (χ4v) is 3.35. The maximum Gasteiger partial charge on any atom is 0.416 e. The van der Waals surface area contributed by atoms with E-state index in [0.29, 0.717) is 5.56 Å². The Morgan fingerprint density at radius 2 is 1.83 bits per heavy atom. The zero-order valence-electron chi connectivity index (χ0n) is 13.8. The summed E-state index contributed by atoms with van der Waals surface area (Å²) < 4.78 is 39.2. The van der Waals surface area contributed by atoms with E-state index in [2.05, 4.69) is 17.1 Å². The van der Waals surface area contributed by atoms with Crippen molar-refractivity contribution in [3.63, 3.8) is 0 Å². The highest BCUT2D eigenvalue weighted by Gasteiger charge is 2.32. The summed E-state index contributed by atoms with van der Waals surface area (Å²) in [6.45, 7) is 5.57. The lowest BCUT2D eigenvalue weighted by atomic mass is 9.96. The lowest BCUT2D eigenvalue weighted by molar-refractivity contribution is -0.137. The molecule has 1 atom stereocenters. The van der Waals surface area contributed by atoms with E-state index in [9.17, 15) is 13.2 Å². The number of nitrogens with one attached hydrogen (secondary N) is 1. The first-order chi connectivity index (χ1) is 10.9. The van der Waals surface area contributed by atoms with Gasteiger partial charge in [-0.3, -0.25) is 4.90 Å². The molecule has 138 valence electrons. The van der Waals surface area contributed by atoms with Gasteiger partial charge in [0.15, 0.2) is 0 Å². The molecule has 0 amide bonds. The summed E-state index contributed by atoms with van der Waals surface area (Å²) in [5, 5.41) is 3.45. The largest absolute Gasteiger partial charge is 0.416 e. The van der Waals surface area contributed by atoms with E-state index in [0.717, 1.165) is 57.9 Å². The molecule has 0 bridgehead atoms. The van der Waals surface area contributed by atoms with Gasteiger partial charge in [-0.05, 0) is 30.2 Å². The molecule has 1 aromatic carbocycles. The lowest BCUT2D eigenvalue weighted by Crippen LogP contribution is -2.45. The lowest BCUT2D eigenvalue weighted by Gasteiger charge is -2.35. The van der Waals surface area contributed by atoms with Crippen LogP contribution in [0.1, 0.15) is 49.8 Å². The molecule has 1 saturated heterocycles. The molecule has 1 N–H and O–H groups in total. The number of alkyl halides is 3. The molecule has 2 rings (SSSR count). The predicted molar refractivity (Wildman–Crippen MR) is 95.0 cm³/mol. The highest BCUT2D eigenvalue weighted by molar-refractivity contribution is 6.30. The van der Waals surface area contributed by atoms with Gasteiger partial charge in [-0.15, -0.1) is 12.4 Å². The van der Waals surface area contributed by atoms with Crippen LogP contribution in [0.4, 0.5) is 13.2 Å². The first kappa shape index (κ1) is 21.6. The second kappa shape index (κ2) is 9.85. The molecule has 1 aromatic rings. The molecule has 0 unspecified atom stereocenters. The Hall–Kier alpha value is -0.490. The summed E-state index contributed by atoms with van der Waals surface area (Å²) in [4.78, 5) is 2.28. The van der Waals surface area contributed by atoms with Gasteiger partial charge in [0.1, 0.15) is 0 Å². The summed E-state index contributed by atoms with van der Waals surface area (Å²) in [6.07, 6.45) is -0.297. The number of nitrogens with zero attached hydrogens (tertiary/aromatic N) is 1. The number of halogens is 5. The van der Waals surface area contributed by atoms with Crippen molar-refractivity contribution < 1.29 is 13.2 Å². The molecule has 1 aliphatic heterocycles. The molecule has 1 aliphatic rings. The van der Waals surface area contributed by atoms with Gasteiger partial charge in [0.05, 0.1) is 5.56 Å². The Morgan fingerprint density at radius 3 is 2.42 bits per heavy atom. The van der Waals surface area contributed by atoms with Gasteiger partial charge in [0, 0.05) is 37.2 Å². The first-order valence-electron chi connectivity index (χ1n) is 8.24. The Balaban J connectivity index is 0.00000288. The fourth-order valence-electron chi connectivity index (χ4n) is 3.11. The summed E-state index contributed by atoms with van der Waals surface area (Å²) in [6, 6.07) is 3.97. The van der Waals surface area contributed by atoms with E-state index in [1.807, 2.05) is 0 Å². The maximum atomic E-state index is 13.1. The van der Waals surface area contributed by atoms with Gasteiger partial charge in [-0.25, -0.2) is 0 Å². The molecule has 24 heavy (non-hydrogen) atoms. The van der Waals surface area contributed by atoms with E-state index in [1.165, 1.54) is 6.07 Å². The van der Waals surface area contributed by atoms with Crippen LogP contribution >= 0.6 is 24.0 Å². The van der Waals surface area contributed by atoms with Crippen LogP contribution in [0.5, 0.6) is 0 Å². The van der Waals surface area contributed by atoms with E-state index in [1.54, 1.807) is 6.07 Å². The van der Waals surface area contributed by atoms with Gasteiger partial charge >= 0.3 is 6.18 Å². The smallest absolute Gasteiger partial charge is 0.314 e. The van der Waals surface area contributed by atoms with Crippen LogP contribution in [-0.2, 0) is 6.18 Å². The van der Waals surface area contributed by atoms with E-state index in [4.69, 9.17) is 11.6 Å². The Bertz CT molecular complexity index is 503. The molecule has 1 fully saturated rings. The number of unbranched alkanes of at least 4 members (excludes halogenated alkanes) is 2. The summed E-state index contributed by atoms with van der Waals surface area (Å²) in [7, 11) is 0. The second-order valence-electron chi connectivity index (χ2n) is 6.07. The van der Waals surface area contributed by atoms with Crippen molar-refractivity contribution in [2.75, 3.05) is 26.2 Å². The Kier molecular flexibility index (Phi) is 8.85. The number of hydrogen-bond donors (Lipinski definition) is 1. The van der Waals surface area contributed by atoms with Crippen LogP contribution < -0.4 is 5.32 Å². The molecule has 0 radical (unpaired) electrons. The van der Waals surface area contributed by atoms with Crippen molar-refractivity contribution in [3.8, 4) is 0 Å². The molecule has 0 aliphatic carbocycles. The third-order valence-corrected chi connectivity index (χ3v) is 4.52. The van der Waals surface area contributed by atoms with Gasteiger partial charge in [-0.1, -0.05) is 37.8 Å². The van der Waals surface area contributed by atoms with Crippen molar-refractivity contribution in [1.29, 1.82) is 0 Å². The molecule has 0 aromatic heterocycles. The summed E-state index contributed by atoms with van der Waals surface area (Å²) in [5.41, 5.74) is 0.0263. The van der Waals surface area contributed by atoms with Crippen molar-refractivity contribution in [1.82, 2.24) is 10.2 Å². The predicted octanol–water partition coefficient (Wildman–Crippen LogP) is 5.31. The maximum absolute atomic E-state index is 13.1. The number of piperazine rings is 1. The van der Waals surface area contributed by atoms with Crippen LogP contribution in [0.25, 0.3) is 0 Å². The minimum absolute atomic E-state index is 0. The van der Waals surface area contributed by atoms with Crippen LogP contribution in [0.15, 0.2) is 18.2 Å². The quantitative estimate of drug-likeness (QED) is 0.668. The molecule has 0 spiro atoms. The number of rotatable bonds is 6. The molecule has 0 saturated carbocycles. The zero-order chi connectivity index (χ0) is 16.9. The van der Waals surface area contributed by atoms with Crippen molar-refractivity contribution in [2.45, 2.75) is 44.8 Å². The highest BCUT2D eigenvalue weighted by Crippen LogP contribution is 2.36. The number of hydrogen-bond acceptors (Lipinski definition) is 2. The van der Waals surface area contributed by atoms with E-state index in [-0.39, 0.29) is 23.5 Å². The summed E-state index contributed by atoms with van der Waals surface area (Å²) >= 11 is 5.97. The van der Waals surface area contributed by atoms with Crippen LogP contribution in [0.3, 0.4) is 0 Å². The molecular formula is C17H25Cl2F3N2. The van der Waals surface area contributed by atoms with Gasteiger partial charge in [0.2, 0.25) is 0 Å². The van der Waals surface area contributed by atoms with E-state index >= 15 is 0 Å². The molecule has 1 heterocycles. The third-order valence-electron chi connectivity index (χ3n) is 4.31. The minimum atomic E-state index is -4.36. The van der Waals surface area contributed by atoms with Crippen molar-refractivity contribution in [3.05, 3.63) is 34.3 Å². The number of benzene rings is 1. The normalized spacial score (nSPS) is 17.4. The van der Waals surface area contributed by atoms with Crippen molar-refractivity contribution in [2.24, 2.45) is 0 Å². The van der Waals surface area contributed by atoms with Crippen molar-refractivity contribution >= 4 is 24.0 Å². The SMILES string of the molecule is CCCCC[C@H](c1cc(Cl)cc(C(F)(F)F)c1)N1CCNCC1.Cl. The van der Waals surface area contributed by atoms with Crippen LogP contribution in [0, 0.1) is 0 Å². The zero-order valence-corrected chi connectivity index (χ0v) is 15.4. The average Bonchev–Trinajstić information content (AvgIpc) is 2.51. The Labute approximate surface area is 153 Å². The standard InChI is InChI=1S/C17H24ClF3N2.ClH/c1-2-3-4-5-16(23-8-6-22-7-9-23)13-10-14(17(19,20)21)12-15(18)11-13;/h10-12,16,22H,2-9H2,1H3;1H/t16-;/m1./s1. The van der Waals surface area contributed by atoms with Crippen LogP contribution in [0.2, 0.25) is 5.02 Å². The second-order valence-corrected chi connectivity index (χ2v) is 6.50. The topological polar surface area (TPSA) is 15.3 Å². The molecular weight excluding hydrogens is 360 g/mol. The van der Waals surface area contributed by atoms with E-state index < -0.39 is 11.7 Å². The Morgan fingerprint density at radius 1 is 1.17 bits per heavy atom.